The number of carbonyl (C=O) groups excluding carboxylic acids is 7. The molecule has 3 aliphatic rings. The van der Waals surface area contributed by atoms with Gasteiger partial charge in [-0.05, 0) is 85.6 Å². The van der Waals surface area contributed by atoms with E-state index in [2.05, 4.69) is 59.1 Å². The Bertz CT molecular complexity index is 3510. The number of fused-ring (bicyclic) bond motifs is 1. The van der Waals surface area contributed by atoms with Crippen molar-refractivity contribution in [2.75, 3.05) is 37.4 Å². The van der Waals surface area contributed by atoms with Gasteiger partial charge >= 0.3 is 21.5 Å². The van der Waals surface area contributed by atoms with E-state index in [0.717, 1.165) is 4.90 Å². The Morgan fingerprint density at radius 2 is 1.68 bits per heavy atom. The SMILES string of the molecule is CC(C)[C@H](NC(=O)CCCCCN1C(=O)C=CC1=O)C(=O)N[C@@H](C)C(=O)Nc1ccc(COC(=O)N(C)Cc2ccccc2CC(=O)Nc2nc3c(ncn3[C@@H]3O[C@H](COP=O)[C@@H](O)[C@H]3OP(O)(=S)OCC3C[C@@H](Oc4ccncn4)C[C@@H]3OS)c(=O)[nH]2)cc1. The minimum absolute atomic E-state index is 0.0226. The number of nitrogens with one attached hydrogen (secondary N) is 5. The summed E-state index contributed by atoms with van der Waals surface area (Å²) in [6.45, 7) is 0.377. The molecule has 5 heterocycles. The minimum Gasteiger partial charge on any atom is -0.474 e. The Balaban J connectivity index is 0.807. The molecule has 482 valence electrons. The summed E-state index contributed by atoms with van der Waals surface area (Å²) in [6.07, 6.45) is 1.59. The van der Waals surface area contributed by atoms with Crippen LogP contribution in [0.5, 0.6) is 5.88 Å². The maximum absolute atomic E-state index is 13.7. The number of rotatable bonds is 31. The molecule has 2 fully saturated rings. The molecule has 1 saturated heterocycles. The van der Waals surface area contributed by atoms with Gasteiger partial charge in [-0.25, -0.2) is 24.3 Å². The van der Waals surface area contributed by atoms with Crippen molar-refractivity contribution in [1.29, 1.82) is 0 Å². The summed E-state index contributed by atoms with van der Waals surface area (Å²) in [5.41, 5.74) is 0.989. The van der Waals surface area contributed by atoms with Crippen LogP contribution in [-0.2, 0) is 91.9 Å². The Hall–Kier alpha value is -7.48. The summed E-state index contributed by atoms with van der Waals surface area (Å²) in [5.74, 6) is -3.36. The summed E-state index contributed by atoms with van der Waals surface area (Å²) in [7, 11) is 0.798. The van der Waals surface area contributed by atoms with Crippen LogP contribution in [0.25, 0.3) is 11.2 Å². The van der Waals surface area contributed by atoms with Crippen molar-refractivity contribution < 1.29 is 80.1 Å². The molecule has 8 rings (SSSR count). The second-order valence-electron chi connectivity index (χ2n) is 21.7. The number of aliphatic hydroxyl groups excluding tert-OH is 1. The number of thiol groups is 1. The minimum atomic E-state index is -4.23. The Kier molecular flexibility index (Phi) is 24.3. The van der Waals surface area contributed by atoms with Gasteiger partial charge in [0.15, 0.2) is 17.4 Å². The van der Waals surface area contributed by atoms with Gasteiger partial charge in [0.2, 0.25) is 35.5 Å². The number of ether oxygens (including phenoxy) is 3. The van der Waals surface area contributed by atoms with E-state index in [1.54, 1.807) is 68.4 Å². The molecule has 3 aromatic heterocycles. The van der Waals surface area contributed by atoms with E-state index < -0.39 is 94.1 Å². The standard InChI is InChI=1S/C56H68N12O18P2S2/c1-31(2)46(62-41(69)12-6-5-9-21-67-44(71)17-18-45(67)72)52(75)60-32(3)51(74)61-37-15-13-33(14-16-37)26-80-56(77)66(4)25-35-11-8-7-10-34(35)23-42(70)63-55-64-50-47(53(76)65-55)59-30-68(50)54-49(48(73)40(84-54)28-81-87-78)85-88(79,90)82-27-36-22-38(24-39(36)86-89)83-43-19-20-57-29-58-43/h7-8,10-11,13-20,29-32,36,38-40,46,48-49,54,73,89H,5-6,9,12,21-28H2,1-4H3,(H,60,75)(H,61,74)(H,62,69)(H,79,90)(H2,63,64,65,70,76)/t32-,36?,38+,39-,40+,46-,48+,49+,54+,88?/m0/s1. The molecule has 0 bridgehead atoms. The van der Waals surface area contributed by atoms with Gasteiger partial charge in [-0.15, -0.1) is 0 Å². The fourth-order valence-corrected chi connectivity index (χ4v) is 12.0. The Morgan fingerprint density at radius 1 is 0.933 bits per heavy atom. The van der Waals surface area contributed by atoms with E-state index in [0.29, 0.717) is 60.4 Å². The van der Waals surface area contributed by atoms with Gasteiger partial charge in [0.05, 0.1) is 32.1 Å². The first-order chi connectivity index (χ1) is 43.1. The van der Waals surface area contributed by atoms with E-state index in [9.17, 15) is 52.9 Å². The smallest absolute Gasteiger partial charge is 0.410 e. The fraction of sp³-hybridized carbons (Fsp3) is 0.464. The molecule has 0 radical (unpaired) electrons. The van der Waals surface area contributed by atoms with Crippen LogP contribution in [0.1, 0.15) is 82.2 Å². The van der Waals surface area contributed by atoms with Gasteiger partial charge in [-0.2, -0.15) is 4.98 Å². The van der Waals surface area contributed by atoms with Crippen molar-refractivity contribution in [2.24, 2.45) is 11.8 Å². The number of benzene rings is 2. The summed E-state index contributed by atoms with van der Waals surface area (Å²) < 4.78 is 52.2. The molecule has 2 aliphatic heterocycles. The zero-order valence-electron chi connectivity index (χ0n) is 49.1. The van der Waals surface area contributed by atoms with Crippen molar-refractivity contribution in [1.82, 2.24) is 49.9 Å². The van der Waals surface area contributed by atoms with Gasteiger partial charge in [0.25, 0.3) is 17.4 Å². The van der Waals surface area contributed by atoms with Gasteiger partial charge in [0.1, 0.15) is 49.4 Å². The zero-order chi connectivity index (χ0) is 64.6. The number of H-pyrrole nitrogens is 1. The summed E-state index contributed by atoms with van der Waals surface area (Å²) in [6, 6.07) is 13.1. The predicted octanol–water partition coefficient (Wildman–Crippen LogP) is 4.12. The highest BCUT2D eigenvalue weighted by atomic mass is 32.5. The number of nitrogens with zero attached hydrogens (tertiary/aromatic N) is 7. The Labute approximate surface area is 527 Å². The number of anilines is 2. The number of amides is 7. The van der Waals surface area contributed by atoms with Gasteiger partial charge in [-0.1, -0.05) is 56.7 Å². The van der Waals surface area contributed by atoms with Crippen LogP contribution in [0, 0.1) is 11.8 Å². The van der Waals surface area contributed by atoms with Crippen molar-refractivity contribution in [3.05, 3.63) is 113 Å². The van der Waals surface area contributed by atoms with Crippen molar-refractivity contribution in [3.63, 3.8) is 0 Å². The third-order valence-corrected chi connectivity index (χ3v) is 16.9. The van der Waals surface area contributed by atoms with E-state index in [-0.39, 0.29) is 91.9 Å². The monoisotopic (exact) mass is 1320 g/mol. The third kappa shape index (κ3) is 18.6. The number of aromatic amines is 1. The zero-order valence-corrected chi connectivity index (χ0v) is 52.6. The fourth-order valence-electron chi connectivity index (χ4n) is 10.1. The highest BCUT2D eigenvalue weighted by molar-refractivity contribution is 8.07. The van der Waals surface area contributed by atoms with Crippen LogP contribution < -0.4 is 31.6 Å². The number of carbonyl (C=O) groups is 7. The molecule has 1 aliphatic carbocycles. The van der Waals surface area contributed by atoms with E-state index in [1.807, 2.05) is 0 Å². The first-order valence-corrected chi connectivity index (χ1v) is 32.2. The van der Waals surface area contributed by atoms with Crippen LogP contribution in [0.4, 0.5) is 16.4 Å². The topological polar surface area (TPSA) is 386 Å². The molecule has 34 heteroatoms. The number of unbranched alkanes of at least 4 members (excludes halogenated alkanes) is 2. The number of imide groups is 1. The molecule has 90 heavy (non-hydrogen) atoms. The molecular formula is C56H68N12O18P2S2. The number of aliphatic hydroxyl groups is 1. The van der Waals surface area contributed by atoms with Crippen LogP contribution in [-0.4, -0.2) is 160 Å². The Morgan fingerprint density at radius 3 is 2.38 bits per heavy atom. The van der Waals surface area contributed by atoms with Gasteiger partial charge in [-0.3, -0.25) is 62.4 Å². The number of hydrogen-bond acceptors (Lipinski definition) is 23. The van der Waals surface area contributed by atoms with Gasteiger partial charge < -0.3 is 53.8 Å². The molecule has 0 spiro atoms. The largest absolute Gasteiger partial charge is 0.474 e. The molecule has 2 aromatic carbocycles. The second-order valence-corrected chi connectivity index (χ2v) is 25.2. The molecule has 10 atom stereocenters. The molecule has 1 saturated carbocycles. The highest BCUT2D eigenvalue weighted by Crippen LogP contribution is 2.51. The lowest BCUT2D eigenvalue weighted by Gasteiger charge is -2.27. The first-order valence-electron chi connectivity index (χ1n) is 28.5. The van der Waals surface area contributed by atoms with Gasteiger partial charge in [0, 0.05) is 69.0 Å². The van der Waals surface area contributed by atoms with Crippen LogP contribution in [0.3, 0.4) is 0 Å². The van der Waals surface area contributed by atoms with Crippen LogP contribution >= 0.6 is 28.3 Å². The average Bonchev–Trinajstić information content (AvgIpc) is 1.79. The summed E-state index contributed by atoms with van der Waals surface area (Å²) in [4.78, 5) is 136. The highest BCUT2D eigenvalue weighted by Gasteiger charge is 2.49. The van der Waals surface area contributed by atoms with Crippen LogP contribution in [0.2, 0.25) is 0 Å². The maximum Gasteiger partial charge on any atom is 0.410 e. The lowest BCUT2D eigenvalue weighted by Crippen LogP contribution is -2.53. The summed E-state index contributed by atoms with van der Waals surface area (Å²) in [5, 5.41) is 22.2. The molecule has 7 amide bonds. The molecular weight excluding hydrogens is 1250 g/mol. The van der Waals surface area contributed by atoms with Crippen molar-refractivity contribution >= 4 is 104 Å². The van der Waals surface area contributed by atoms with Crippen molar-refractivity contribution in [3.8, 4) is 5.88 Å². The second kappa shape index (κ2) is 32.0. The molecule has 2 unspecified atom stereocenters. The molecule has 30 nitrogen and oxygen atoms in total. The van der Waals surface area contributed by atoms with E-state index >= 15 is 0 Å². The normalized spacial score (nSPS) is 21.1. The predicted molar refractivity (Wildman–Crippen MR) is 326 cm³/mol. The summed E-state index contributed by atoms with van der Waals surface area (Å²) >= 11 is 9.44. The molecule has 7 N–H and O–H groups in total. The third-order valence-electron chi connectivity index (χ3n) is 14.8. The number of imidazole rings is 1. The van der Waals surface area contributed by atoms with E-state index in [4.69, 9.17) is 43.8 Å². The lowest BCUT2D eigenvalue weighted by atomic mass is 10.0. The number of aromatic nitrogens is 6. The quantitative estimate of drug-likeness (QED) is 0.0102. The number of hydrogen-bond donors (Lipinski definition) is 8. The first kappa shape index (κ1) is 68.4. The lowest BCUT2D eigenvalue weighted by molar-refractivity contribution is -0.137. The maximum atomic E-state index is 13.7. The van der Waals surface area contributed by atoms with Crippen LogP contribution in [0.15, 0.2) is 90.4 Å². The van der Waals surface area contributed by atoms with E-state index in [1.165, 1.54) is 54.4 Å². The molecule has 5 aromatic rings. The average molecular weight is 1320 g/mol. The van der Waals surface area contributed by atoms with Crippen molar-refractivity contribution in [2.45, 2.75) is 128 Å².